The van der Waals surface area contributed by atoms with Crippen LogP contribution in [0.4, 0.5) is 0 Å². The van der Waals surface area contributed by atoms with Gasteiger partial charge in [-0.2, -0.15) is 0 Å². The molecule has 2 N–H and O–H groups in total. The molecular formula is C14H18ClNO2. The molecule has 0 radical (unpaired) electrons. The maximum atomic E-state index is 12.0. The number of carbonyl (C=O) groups is 1. The molecule has 1 atom stereocenters. The highest BCUT2D eigenvalue weighted by Crippen LogP contribution is 2.25. The first-order valence-electron chi connectivity index (χ1n) is 6.39. The Morgan fingerprint density at radius 1 is 1.28 bits per heavy atom. The first-order chi connectivity index (χ1) is 8.68. The van der Waals surface area contributed by atoms with Gasteiger partial charge in [0.15, 0.2) is 0 Å². The van der Waals surface area contributed by atoms with Crippen molar-refractivity contribution in [2.24, 2.45) is 5.73 Å². The number of carbonyl (C=O) groups excluding carboxylic acids is 1. The van der Waals surface area contributed by atoms with Crippen molar-refractivity contribution in [2.75, 3.05) is 0 Å². The molecule has 0 aromatic heterocycles. The molecule has 2 rings (SSSR count). The van der Waals surface area contributed by atoms with E-state index < -0.39 is 6.04 Å². The number of esters is 1. The van der Waals surface area contributed by atoms with Gasteiger partial charge in [0.1, 0.15) is 12.1 Å². The molecule has 1 aromatic rings. The zero-order chi connectivity index (χ0) is 13.0. The van der Waals surface area contributed by atoms with Crippen LogP contribution in [0.2, 0.25) is 5.02 Å². The lowest BCUT2D eigenvalue weighted by atomic mass is 9.97. The minimum absolute atomic E-state index is 0.0276. The van der Waals surface area contributed by atoms with E-state index in [1.54, 1.807) is 12.1 Å². The standard InChI is InChI=1S/C14H18ClNO2/c15-12-9-5-4-8-11(12)13(16)14(17)18-10-6-2-1-3-7-10/h4-5,8-10,13H,1-3,6-7,16H2/t13-/m1/s1. The molecule has 98 valence electrons. The molecular weight excluding hydrogens is 250 g/mol. The Bertz CT molecular complexity index is 416. The van der Waals surface area contributed by atoms with E-state index in [0.29, 0.717) is 10.6 Å². The van der Waals surface area contributed by atoms with E-state index in [2.05, 4.69) is 0 Å². The van der Waals surface area contributed by atoms with Crippen molar-refractivity contribution >= 4 is 17.6 Å². The van der Waals surface area contributed by atoms with E-state index in [1.807, 2.05) is 12.1 Å². The fraction of sp³-hybridized carbons (Fsp3) is 0.500. The third-order valence-corrected chi connectivity index (χ3v) is 3.67. The second kappa shape index (κ2) is 6.21. The van der Waals surface area contributed by atoms with Crippen LogP contribution in [0.25, 0.3) is 0 Å². The second-order valence-corrected chi connectivity index (χ2v) is 5.10. The number of halogens is 1. The van der Waals surface area contributed by atoms with Gasteiger partial charge in [-0.3, -0.25) is 0 Å². The molecule has 0 amide bonds. The molecule has 1 aliphatic carbocycles. The van der Waals surface area contributed by atoms with Crippen molar-refractivity contribution in [3.8, 4) is 0 Å². The summed E-state index contributed by atoms with van der Waals surface area (Å²) in [5.41, 5.74) is 6.52. The van der Waals surface area contributed by atoms with E-state index in [1.165, 1.54) is 6.42 Å². The third-order valence-electron chi connectivity index (χ3n) is 3.33. The van der Waals surface area contributed by atoms with Crippen LogP contribution < -0.4 is 5.73 Å². The molecule has 0 bridgehead atoms. The number of rotatable bonds is 3. The summed E-state index contributed by atoms with van der Waals surface area (Å²) in [5.74, 6) is -0.380. The zero-order valence-electron chi connectivity index (χ0n) is 10.3. The van der Waals surface area contributed by atoms with Gasteiger partial charge in [0.2, 0.25) is 0 Å². The van der Waals surface area contributed by atoms with Crippen LogP contribution in [0, 0.1) is 0 Å². The van der Waals surface area contributed by atoms with Crippen LogP contribution in [0.1, 0.15) is 43.7 Å². The fourth-order valence-corrected chi connectivity index (χ4v) is 2.53. The Labute approximate surface area is 112 Å². The summed E-state index contributed by atoms with van der Waals surface area (Å²) in [6, 6.07) is 6.32. The first kappa shape index (κ1) is 13.4. The Morgan fingerprint density at radius 2 is 1.94 bits per heavy atom. The lowest BCUT2D eigenvalue weighted by Crippen LogP contribution is -2.29. The third kappa shape index (κ3) is 3.24. The number of hydrogen-bond acceptors (Lipinski definition) is 3. The highest BCUT2D eigenvalue weighted by Gasteiger charge is 2.24. The van der Waals surface area contributed by atoms with Gasteiger partial charge in [-0.15, -0.1) is 0 Å². The topological polar surface area (TPSA) is 52.3 Å². The average molecular weight is 268 g/mol. The number of benzene rings is 1. The quantitative estimate of drug-likeness (QED) is 0.856. The minimum Gasteiger partial charge on any atom is -0.461 e. The molecule has 0 aliphatic heterocycles. The SMILES string of the molecule is N[C@@H](C(=O)OC1CCCCC1)c1ccccc1Cl. The number of hydrogen-bond donors (Lipinski definition) is 1. The summed E-state index contributed by atoms with van der Waals surface area (Å²) in [6.45, 7) is 0. The van der Waals surface area contributed by atoms with Gasteiger partial charge in [-0.05, 0) is 37.3 Å². The molecule has 0 unspecified atom stereocenters. The molecule has 0 heterocycles. The van der Waals surface area contributed by atoms with Crippen molar-refractivity contribution in [3.63, 3.8) is 0 Å². The zero-order valence-corrected chi connectivity index (χ0v) is 11.0. The molecule has 1 aromatic carbocycles. The predicted molar refractivity (Wildman–Crippen MR) is 71.3 cm³/mol. The molecule has 18 heavy (non-hydrogen) atoms. The lowest BCUT2D eigenvalue weighted by molar-refractivity contribution is -0.152. The first-order valence-corrected chi connectivity index (χ1v) is 6.77. The van der Waals surface area contributed by atoms with E-state index in [4.69, 9.17) is 22.1 Å². The van der Waals surface area contributed by atoms with Crippen molar-refractivity contribution in [3.05, 3.63) is 34.9 Å². The average Bonchev–Trinajstić information content (AvgIpc) is 2.39. The Hall–Kier alpha value is -1.06. The van der Waals surface area contributed by atoms with Gasteiger partial charge >= 0.3 is 5.97 Å². The van der Waals surface area contributed by atoms with E-state index >= 15 is 0 Å². The molecule has 0 spiro atoms. The maximum absolute atomic E-state index is 12.0. The van der Waals surface area contributed by atoms with Gasteiger partial charge in [-0.25, -0.2) is 4.79 Å². The van der Waals surface area contributed by atoms with Gasteiger partial charge in [-0.1, -0.05) is 36.2 Å². The summed E-state index contributed by atoms with van der Waals surface area (Å²) >= 11 is 6.02. The van der Waals surface area contributed by atoms with Gasteiger partial charge in [0.25, 0.3) is 0 Å². The van der Waals surface area contributed by atoms with Gasteiger partial charge < -0.3 is 10.5 Å². The number of nitrogens with two attached hydrogens (primary N) is 1. The highest BCUT2D eigenvalue weighted by molar-refractivity contribution is 6.31. The Kier molecular flexibility index (Phi) is 4.61. The van der Waals surface area contributed by atoms with Crippen LogP contribution in [0.3, 0.4) is 0 Å². The fourth-order valence-electron chi connectivity index (χ4n) is 2.27. The van der Waals surface area contributed by atoms with E-state index in [-0.39, 0.29) is 12.1 Å². The second-order valence-electron chi connectivity index (χ2n) is 4.70. The predicted octanol–water partition coefficient (Wildman–Crippen LogP) is 3.22. The van der Waals surface area contributed by atoms with Crippen LogP contribution in [0.15, 0.2) is 24.3 Å². The van der Waals surface area contributed by atoms with E-state index in [0.717, 1.165) is 25.7 Å². The Morgan fingerprint density at radius 3 is 2.61 bits per heavy atom. The molecule has 0 saturated heterocycles. The Balaban J connectivity index is 1.98. The van der Waals surface area contributed by atoms with Crippen molar-refractivity contribution < 1.29 is 9.53 Å². The summed E-state index contributed by atoms with van der Waals surface area (Å²) in [6.07, 6.45) is 5.39. The molecule has 4 heteroatoms. The summed E-state index contributed by atoms with van der Waals surface area (Å²) in [7, 11) is 0. The molecule has 1 fully saturated rings. The monoisotopic (exact) mass is 267 g/mol. The van der Waals surface area contributed by atoms with Crippen LogP contribution in [-0.4, -0.2) is 12.1 Å². The van der Waals surface area contributed by atoms with Gasteiger partial charge in [0, 0.05) is 5.02 Å². The molecule has 1 aliphatic rings. The normalized spacial score (nSPS) is 18.3. The molecule has 1 saturated carbocycles. The van der Waals surface area contributed by atoms with Crippen molar-refractivity contribution in [1.29, 1.82) is 0 Å². The maximum Gasteiger partial charge on any atom is 0.327 e. The van der Waals surface area contributed by atoms with Crippen LogP contribution in [0.5, 0.6) is 0 Å². The van der Waals surface area contributed by atoms with Gasteiger partial charge in [0.05, 0.1) is 0 Å². The molecule has 3 nitrogen and oxygen atoms in total. The van der Waals surface area contributed by atoms with E-state index in [9.17, 15) is 4.79 Å². The largest absolute Gasteiger partial charge is 0.461 e. The lowest BCUT2D eigenvalue weighted by Gasteiger charge is -2.23. The minimum atomic E-state index is -0.791. The van der Waals surface area contributed by atoms with Crippen LogP contribution in [-0.2, 0) is 9.53 Å². The highest BCUT2D eigenvalue weighted by atomic mass is 35.5. The summed E-state index contributed by atoms with van der Waals surface area (Å²) in [4.78, 5) is 12.0. The summed E-state index contributed by atoms with van der Waals surface area (Å²) in [5, 5.41) is 0.505. The summed E-state index contributed by atoms with van der Waals surface area (Å²) < 4.78 is 5.44. The smallest absolute Gasteiger partial charge is 0.327 e. The van der Waals surface area contributed by atoms with Crippen LogP contribution >= 0.6 is 11.6 Å². The number of ether oxygens (including phenoxy) is 1. The van der Waals surface area contributed by atoms with Crippen molar-refractivity contribution in [1.82, 2.24) is 0 Å². The van der Waals surface area contributed by atoms with Crippen molar-refractivity contribution in [2.45, 2.75) is 44.2 Å².